The summed E-state index contributed by atoms with van der Waals surface area (Å²) in [6.45, 7) is 2.65. The zero-order chi connectivity index (χ0) is 19.4. The minimum Gasteiger partial charge on any atom is -0.341 e. The monoisotopic (exact) mass is 386 g/mol. The molecular formula is C20H20ClFN4O. The molecule has 0 unspecified atom stereocenters. The van der Waals surface area contributed by atoms with Gasteiger partial charge in [-0.3, -0.25) is 9.78 Å². The van der Waals surface area contributed by atoms with Gasteiger partial charge in [0.1, 0.15) is 11.0 Å². The average Bonchev–Trinajstić information content (AvgIpc) is 2.95. The molecule has 5 nitrogen and oxygen atoms in total. The molecule has 0 radical (unpaired) electrons. The van der Waals surface area contributed by atoms with Crippen molar-refractivity contribution in [1.82, 2.24) is 19.7 Å². The number of amides is 1. The minimum absolute atomic E-state index is 0.182. The number of rotatable bonds is 6. The third-order valence-corrected chi connectivity index (χ3v) is 4.69. The molecule has 3 aromatic rings. The maximum absolute atomic E-state index is 13.1. The van der Waals surface area contributed by atoms with Crippen LogP contribution in [0.5, 0.6) is 0 Å². The van der Waals surface area contributed by atoms with E-state index in [0.29, 0.717) is 30.8 Å². The number of aryl methyl sites for hydroxylation is 1. The molecule has 0 aliphatic rings. The van der Waals surface area contributed by atoms with Gasteiger partial charge < -0.3 is 4.90 Å². The van der Waals surface area contributed by atoms with Crippen molar-refractivity contribution >= 4 is 17.5 Å². The Balaban J connectivity index is 1.72. The molecule has 0 aliphatic heterocycles. The van der Waals surface area contributed by atoms with Crippen LogP contribution in [0.1, 0.15) is 27.3 Å². The van der Waals surface area contributed by atoms with Gasteiger partial charge in [-0.05, 0) is 36.8 Å². The van der Waals surface area contributed by atoms with Crippen molar-refractivity contribution in [3.8, 4) is 0 Å². The quantitative estimate of drug-likeness (QED) is 0.648. The van der Waals surface area contributed by atoms with Crippen LogP contribution in [-0.4, -0.2) is 39.2 Å². The Hall–Kier alpha value is -2.73. The highest BCUT2D eigenvalue weighted by Gasteiger charge is 2.23. The molecule has 0 bridgehead atoms. The number of carbonyl (C=O) groups is 1. The summed E-state index contributed by atoms with van der Waals surface area (Å²) in [7, 11) is 1.73. The zero-order valence-electron chi connectivity index (χ0n) is 15.2. The van der Waals surface area contributed by atoms with Crippen LogP contribution in [0.15, 0.2) is 48.7 Å². The molecular weight excluding hydrogens is 367 g/mol. The molecule has 0 spiro atoms. The largest absolute Gasteiger partial charge is 0.341 e. The second kappa shape index (κ2) is 8.31. The van der Waals surface area contributed by atoms with Crippen LogP contribution in [0.25, 0.3) is 0 Å². The Morgan fingerprint density at radius 1 is 1.22 bits per heavy atom. The van der Waals surface area contributed by atoms with Crippen LogP contribution in [0.3, 0.4) is 0 Å². The molecule has 2 heterocycles. The van der Waals surface area contributed by atoms with Crippen LogP contribution in [-0.2, 0) is 13.0 Å². The highest BCUT2D eigenvalue weighted by Crippen LogP contribution is 2.22. The molecule has 0 saturated heterocycles. The second-order valence-corrected chi connectivity index (χ2v) is 6.69. The van der Waals surface area contributed by atoms with E-state index in [9.17, 15) is 9.18 Å². The van der Waals surface area contributed by atoms with Crippen molar-refractivity contribution in [2.24, 2.45) is 0 Å². The van der Waals surface area contributed by atoms with Crippen LogP contribution in [0.2, 0.25) is 5.15 Å². The Bertz CT molecular complexity index is 925. The minimum atomic E-state index is -0.299. The number of nitrogens with zero attached hydrogens (tertiary/aromatic N) is 4. The number of hydrogen-bond donors (Lipinski definition) is 0. The Kier molecular flexibility index (Phi) is 5.86. The summed E-state index contributed by atoms with van der Waals surface area (Å²) in [5.41, 5.74) is 2.73. The van der Waals surface area contributed by atoms with Gasteiger partial charge in [0.2, 0.25) is 0 Å². The van der Waals surface area contributed by atoms with E-state index in [2.05, 4.69) is 10.1 Å². The number of aromatic nitrogens is 3. The Morgan fingerprint density at radius 3 is 2.63 bits per heavy atom. The van der Waals surface area contributed by atoms with Gasteiger partial charge in [0.25, 0.3) is 5.91 Å². The number of likely N-dealkylation sites (N-methyl/N-ethyl adjacent to an activating group) is 1. The lowest BCUT2D eigenvalue weighted by Crippen LogP contribution is -2.29. The molecule has 1 aromatic carbocycles. The fraction of sp³-hybridized carbons (Fsp3) is 0.250. The van der Waals surface area contributed by atoms with E-state index < -0.39 is 0 Å². The fourth-order valence-corrected chi connectivity index (χ4v) is 3.10. The summed E-state index contributed by atoms with van der Waals surface area (Å²) in [6, 6.07) is 11.8. The lowest BCUT2D eigenvalue weighted by Gasteiger charge is -2.17. The lowest BCUT2D eigenvalue weighted by atomic mass is 10.2. The molecule has 1 amide bonds. The highest BCUT2D eigenvalue weighted by atomic mass is 35.5. The van der Waals surface area contributed by atoms with Crippen molar-refractivity contribution in [3.05, 3.63) is 82.1 Å². The first-order valence-corrected chi connectivity index (χ1v) is 8.96. The van der Waals surface area contributed by atoms with E-state index in [1.165, 1.54) is 12.1 Å². The number of hydrogen-bond acceptors (Lipinski definition) is 3. The third-order valence-electron chi connectivity index (χ3n) is 4.30. The van der Waals surface area contributed by atoms with Crippen molar-refractivity contribution < 1.29 is 9.18 Å². The van der Waals surface area contributed by atoms with Crippen molar-refractivity contribution in [2.75, 3.05) is 13.6 Å². The second-order valence-electron chi connectivity index (χ2n) is 6.33. The topological polar surface area (TPSA) is 51.0 Å². The summed E-state index contributed by atoms with van der Waals surface area (Å²) in [5.74, 6) is -0.481. The SMILES string of the molecule is Cc1nn(Cc2ccc(F)cc2)c(Cl)c1C(=O)N(C)CCc1ccccn1. The molecule has 0 N–H and O–H groups in total. The van der Waals surface area contributed by atoms with Crippen LogP contribution in [0.4, 0.5) is 4.39 Å². The molecule has 0 aliphatic carbocycles. The first-order chi connectivity index (χ1) is 13.0. The van der Waals surface area contributed by atoms with Gasteiger partial charge >= 0.3 is 0 Å². The van der Waals surface area contributed by atoms with Crippen molar-refractivity contribution in [3.63, 3.8) is 0 Å². The van der Waals surface area contributed by atoms with E-state index >= 15 is 0 Å². The number of carbonyl (C=O) groups excluding carboxylic acids is 1. The number of pyridine rings is 1. The van der Waals surface area contributed by atoms with E-state index in [-0.39, 0.29) is 16.9 Å². The standard InChI is InChI=1S/C20H20ClFN4O/c1-14-18(20(27)25(2)12-10-17-5-3-4-11-23-17)19(21)26(24-14)13-15-6-8-16(22)9-7-15/h3-9,11H,10,12-13H2,1-2H3. The molecule has 27 heavy (non-hydrogen) atoms. The predicted octanol–water partition coefficient (Wildman–Crippen LogP) is 3.74. The molecule has 0 atom stereocenters. The normalized spacial score (nSPS) is 10.8. The maximum atomic E-state index is 13.1. The average molecular weight is 387 g/mol. The highest BCUT2D eigenvalue weighted by molar-refractivity contribution is 6.33. The number of halogens is 2. The zero-order valence-corrected chi connectivity index (χ0v) is 15.9. The van der Waals surface area contributed by atoms with E-state index in [4.69, 9.17) is 11.6 Å². The summed E-state index contributed by atoms with van der Waals surface area (Å²) in [4.78, 5) is 18.7. The van der Waals surface area contributed by atoms with E-state index in [0.717, 1.165) is 11.3 Å². The molecule has 3 rings (SSSR count). The molecule has 0 fully saturated rings. The molecule has 2 aromatic heterocycles. The van der Waals surface area contributed by atoms with Crippen molar-refractivity contribution in [1.29, 1.82) is 0 Å². The third kappa shape index (κ3) is 4.52. The van der Waals surface area contributed by atoms with Gasteiger partial charge in [-0.2, -0.15) is 5.10 Å². The van der Waals surface area contributed by atoms with E-state index in [1.807, 2.05) is 18.2 Å². The molecule has 0 saturated carbocycles. The Labute approximate surface area is 162 Å². The van der Waals surface area contributed by atoms with Crippen LogP contribution in [0, 0.1) is 12.7 Å². The van der Waals surface area contributed by atoms with Crippen LogP contribution < -0.4 is 0 Å². The predicted molar refractivity (Wildman–Crippen MR) is 102 cm³/mol. The number of benzene rings is 1. The van der Waals surface area contributed by atoms with E-state index in [1.54, 1.807) is 41.9 Å². The van der Waals surface area contributed by atoms with Gasteiger partial charge in [0.05, 0.1) is 17.8 Å². The van der Waals surface area contributed by atoms with Gasteiger partial charge in [0.15, 0.2) is 0 Å². The first-order valence-electron chi connectivity index (χ1n) is 8.58. The first kappa shape index (κ1) is 19.0. The smallest absolute Gasteiger partial charge is 0.258 e. The van der Waals surface area contributed by atoms with Gasteiger partial charge in [-0.1, -0.05) is 29.8 Å². The summed E-state index contributed by atoms with van der Waals surface area (Å²) >= 11 is 6.43. The lowest BCUT2D eigenvalue weighted by molar-refractivity contribution is 0.0795. The van der Waals surface area contributed by atoms with Gasteiger partial charge in [-0.15, -0.1) is 0 Å². The maximum Gasteiger partial charge on any atom is 0.258 e. The van der Waals surface area contributed by atoms with Gasteiger partial charge in [0, 0.05) is 31.9 Å². The van der Waals surface area contributed by atoms with Crippen LogP contribution >= 0.6 is 11.6 Å². The molecule has 140 valence electrons. The fourth-order valence-electron chi connectivity index (χ4n) is 2.78. The summed E-state index contributed by atoms with van der Waals surface area (Å²) in [6.07, 6.45) is 2.39. The summed E-state index contributed by atoms with van der Waals surface area (Å²) in [5, 5.41) is 4.66. The van der Waals surface area contributed by atoms with Gasteiger partial charge in [-0.25, -0.2) is 9.07 Å². The molecule has 7 heteroatoms. The summed E-state index contributed by atoms with van der Waals surface area (Å²) < 4.78 is 14.6. The Morgan fingerprint density at radius 2 is 1.96 bits per heavy atom. The van der Waals surface area contributed by atoms with Crippen molar-refractivity contribution in [2.45, 2.75) is 19.9 Å².